The SMILES string of the molecule is O=C(CN1CCCCC1)N/N=C\c1ccccc1C(=O)O. The third kappa shape index (κ3) is 4.68. The van der Waals surface area contributed by atoms with Crippen LogP contribution >= 0.6 is 0 Å². The lowest BCUT2D eigenvalue weighted by molar-refractivity contribution is -0.122. The third-order valence-electron chi connectivity index (χ3n) is 3.40. The Labute approximate surface area is 123 Å². The van der Waals surface area contributed by atoms with E-state index in [1.165, 1.54) is 18.7 Å². The van der Waals surface area contributed by atoms with Crippen molar-refractivity contribution in [3.63, 3.8) is 0 Å². The van der Waals surface area contributed by atoms with E-state index < -0.39 is 5.97 Å². The molecular formula is C15H19N3O3. The number of carboxylic acids is 1. The fourth-order valence-electron chi connectivity index (χ4n) is 2.33. The van der Waals surface area contributed by atoms with Gasteiger partial charge in [-0.05, 0) is 32.0 Å². The lowest BCUT2D eigenvalue weighted by Gasteiger charge is -2.25. The number of piperidine rings is 1. The van der Waals surface area contributed by atoms with E-state index in [4.69, 9.17) is 5.11 Å². The van der Waals surface area contributed by atoms with E-state index in [0.717, 1.165) is 25.9 Å². The van der Waals surface area contributed by atoms with Gasteiger partial charge in [-0.25, -0.2) is 10.2 Å². The predicted molar refractivity (Wildman–Crippen MR) is 79.4 cm³/mol. The molecule has 0 radical (unpaired) electrons. The maximum Gasteiger partial charge on any atom is 0.336 e. The van der Waals surface area contributed by atoms with Crippen LogP contribution in [0.4, 0.5) is 0 Å². The Morgan fingerprint density at radius 3 is 2.67 bits per heavy atom. The molecule has 1 heterocycles. The second-order valence-corrected chi connectivity index (χ2v) is 5.02. The van der Waals surface area contributed by atoms with Crippen LogP contribution < -0.4 is 5.43 Å². The Hall–Kier alpha value is -2.21. The van der Waals surface area contributed by atoms with Crippen molar-refractivity contribution in [2.45, 2.75) is 19.3 Å². The van der Waals surface area contributed by atoms with Crippen molar-refractivity contribution in [1.29, 1.82) is 0 Å². The molecule has 1 aliphatic rings. The first kappa shape index (κ1) is 15.2. The summed E-state index contributed by atoms with van der Waals surface area (Å²) < 4.78 is 0. The van der Waals surface area contributed by atoms with Gasteiger partial charge in [0.05, 0.1) is 18.3 Å². The Bertz CT molecular complexity index is 537. The molecule has 1 aromatic rings. The Kier molecular flexibility index (Phi) is 5.45. The molecule has 1 amide bonds. The van der Waals surface area contributed by atoms with Crippen LogP contribution in [0.5, 0.6) is 0 Å². The van der Waals surface area contributed by atoms with Crippen LogP contribution in [0.2, 0.25) is 0 Å². The van der Waals surface area contributed by atoms with Gasteiger partial charge < -0.3 is 5.11 Å². The Morgan fingerprint density at radius 2 is 1.95 bits per heavy atom. The quantitative estimate of drug-likeness (QED) is 0.632. The smallest absolute Gasteiger partial charge is 0.336 e. The van der Waals surface area contributed by atoms with E-state index in [0.29, 0.717) is 12.1 Å². The third-order valence-corrected chi connectivity index (χ3v) is 3.40. The van der Waals surface area contributed by atoms with Gasteiger partial charge >= 0.3 is 5.97 Å². The molecule has 1 saturated heterocycles. The van der Waals surface area contributed by atoms with Gasteiger partial charge in [0.1, 0.15) is 0 Å². The summed E-state index contributed by atoms with van der Waals surface area (Å²) in [6.45, 7) is 2.22. The number of carbonyl (C=O) groups is 2. The largest absolute Gasteiger partial charge is 0.478 e. The molecule has 0 atom stereocenters. The first-order valence-corrected chi connectivity index (χ1v) is 7.03. The maximum absolute atomic E-state index is 11.7. The first-order chi connectivity index (χ1) is 10.2. The average molecular weight is 289 g/mol. The molecule has 0 aliphatic carbocycles. The molecule has 6 nitrogen and oxygen atoms in total. The number of carboxylic acid groups (broad SMARTS) is 1. The number of hydrazone groups is 1. The van der Waals surface area contributed by atoms with Gasteiger partial charge in [-0.15, -0.1) is 0 Å². The van der Waals surface area contributed by atoms with E-state index in [1.54, 1.807) is 18.2 Å². The maximum atomic E-state index is 11.7. The summed E-state index contributed by atoms with van der Waals surface area (Å²) in [5.74, 6) is -1.20. The molecule has 2 rings (SSSR count). The molecular weight excluding hydrogens is 270 g/mol. The molecule has 0 aromatic heterocycles. The van der Waals surface area contributed by atoms with Crippen molar-refractivity contribution in [3.05, 3.63) is 35.4 Å². The second-order valence-electron chi connectivity index (χ2n) is 5.02. The van der Waals surface area contributed by atoms with Crippen molar-refractivity contribution in [2.24, 2.45) is 5.10 Å². The Morgan fingerprint density at radius 1 is 1.24 bits per heavy atom. The summed E-state index contributed by atoms with van der Waals surface area (Å²) in [6, 6.07) is 6.52. The molecule has 0 saturated carbocycles. The number of hydrogen-bond acceptors (Lipinski definition) is 4. The van der Waals surface area contributed by atoms with Crippen molar-refractivity contribution < 1.29 is 14.7 Å². The minimum absolute atomic E-state index is 0.159. The zero-order valence-corrected chi connectivity index (χ0v) is 11.8. The lowest BCUT2D eigenvalue weighted by atomic mass is 10.1. The molecule has 6 heteroatoms. The van der Waals surface area contributed by atoms with Gasteiger partial charge in [-0.1, -0.05) is 24.6 Å². The number of nitrogens with zero attached hydrogens (tertiary/aromatic N) is 2. The van der Waals surface area contributed by atoms with E-state index in [1.807, 2.05) is 0 Å². The number of benzene rings is 1. The van der Waals surface area contributed by atoms with E-state index in [-0.39, 0.29) is 11.5 Å². The normalized spacial score (nSPS) is 16.0. The molecule has 2 N–H and O–H groups in total. The number of hydrogen-bond donors (Lipinski definition) is 2. The highest BCUT2D eigenvalue weighted by Crippen LogP contribution is 2.08. The Balaban J connectivity index is 1.87. The zero-order valence-electron chi connectivity index (χ0n) is 11.8. The molecule has 1 aromatic carbocycles. The first-order valence-electron chi connectivity index (χ1n) is 7.03. The summed E-state index contributed by atoms with van der Waals surface area (Å²) in [5.41, 5.74) is 3.06. The molecule has 1 aliphatic heterocycles. The molecule has 21 heavy (non-hydrogen) atoms. The van der Waals surface area contributed by atoms with Gasteiger partial charge in [-0.2, -0.15) is 5.10 Å². The number of likely N-dealkylation sites (tertiary alicyclic amines) is 1. The van der Waals surface area contributed by atoms with Gasteiger partial charge in [0.25, 0.3) is 5.91 Å². The van der Waals surface area contributed by atoms with Crippen LogP contribution in [-0.2, 0) is 4.79 Å². The number of carbonyl (C=O) groups excluding carboxylic acids is 1. The van der Waals surface area contributed by atoms with Crippen molar-refractivity contribution in [3.8, 4) is 0 Å². The molecule has 112 valence electrons. The van der Waals surface area contributed by atoms with Crippen molar-refractivity contribution in [2.75, 3.05) is 19.6 Å². The highest BCUT2D eigenvalue weighted by molar-refractivity contribution is 5.98. The van der Waals surface area contributed by atoms with E-state index in [2.05, 4.69) is 15.4 Å². The average Bonchev–Trinajstić information content (AvgIpc) is 2.48. The second kappa shape index (κ2) is 7.54. The van der Waals surface area contributed by atoms with Gasteiger partial charge in [0.15, 0.2) is 0 Å². The van der Waals surface area contributed by atoms with Gasteiger partial charge in [0, 0.05) is 5.56 Å². The number of aromatic carboxylic acids is 1. The number of amides is 1. The molecule has 0 spiro atoms. The minimum atomic E-state index is -1.02. The highest BCUT2D eigenvalue weighted by Gasteiger charge is 2.13. The molecule has 0 bridgehead atoms. The highest BCUT2D eigenvalue weighted by atomic mass is 16.4. The molecule has 1 fully saturated rings. The summed E-state index contributed by atoms with van der Waals surface area (Å²) in [4.78, 5) is 24.9. The van der Waals surface area contributed by atoms with Crippen LogP contribution in [0.3, 0.4) is 0 Å². The fourth-order valence-corrected chi connectivity index (χ4v) is 2.33. The topological polar surface area (TPSA) is 82.0 Å². The number of rotatable bonds is 5. The van der Waals surface area contributed by atoms with Gasteiger partial charge in [0.2, 0.25) is 0 Å². The van der Waals surface area contributed by atoms with Crippen LogP contribution in [0.25, 0.3) is 0 Å². The summed E-state index contributed by atoms with van der Waals surface area (Å²) >= 11 is 0. The van der Waals surface area contributed by atoms with Crippen LogP contribution in [0.1, 0.15) is 35.2 Å². The zero-order chi connectivity index (χ0) is 15.1. The van der Waals surface area contributed by atoms with Crippen LogP contribution in [0.15, 0.2) is 29.4 Å². The summed E-state index contributed by atoms with van der Waals surface area (Å²) in [7, 11) is 0. The summed E-state index contributed by atoms with van der Waals surface area (Å²) in [5, 5.41) is 12.9. The van der Waals surface area contributed by atoms with Crippen molar-refractivity contribution in [1.82, 2.24) is 10.3 Å². The number of nitrogens with one attached hydrogen (secondary N) is 1. The van der Waals surface area contributed by atoms with Gasteiger partial charge in [-0.3, -0.25) is 9.69 Å². The molecule has 0 unspecified atom stereocenters. The summed E-state index contributed by atoms with van der Waals surface area (Å²) in [6.07, 6.45) is 4.84. The minimum Gasteiger partial charge on any atom is -0.478 e. The van der Waals surface area contributed by atoms with E-state index >= 15 is 0 Å². The van der Waals surface area contributed by atoms with Crippen LogP contribution in [-0.4, -0.2) is 47.7 Å². The monoisotopic (exact) mass is 289 g/mol. The lowest BCUT2D eigenvalue weighted by Crippen LogP contribution is -2.38. The van der Waals surface area contributed by atoms with Crippen molar-refractivity contribution >= 4 is 18.1 Å². The fraction of sp³-hybridized carbons (Fsp3) is 0.400. The standard InChI is InChI=1S/C15H19N3O3/c19-14(11-18-8-4-1-5-9-18)17-16-10-12-6-2-3-7-13(12)15(20)21/h2-3,6-7,10H,1,4-5,8-9,11H2,(H,17,19)(H,20,21)/b16-10-. The van der Waals surface area contributed by atoms with E-state index in [9.17, 15) is 9.59 Å². The predicted octanol–water partition coefficient (Wildman–Crippen LogP) is 1.32. The van der Waals surface area contributed by atoms with Crippen LogP contribution in [0, 0.1) is 0 Å².